The Hall–Kier alpha value is -4.24. The Morgan fingerprint density at radius 1 is 0.944 bits per heavy atom. The molecule has 3 aromatic rings. The summed E-state index contributed by atoms with van der Waals surface area (Å²) in [6, 6.07) is 18.4. The fourth-order valence-corrected chi connectivity index (χ4v) is 6.06. The molecule has 3 atom stereocenters. The summed E-state index contributed by atoms with van der Waals surface area (Å²) in [6.07, 6.45) is 1.49. The lowest BCUT2D eigenvalue weighted by Gasteiger charge is -2.31. The van der Waals surface area contributed by atoms with Crippen LogP contribution in [0.4, 0.5) is 16.2 Å². The second-order valence-corrected chi connectivity index (χ2v) is 9.39. The first-order valence-electron chi connectivity index (χ1n) is 11.2. The van der Waals surface area contributed by atoms with Crippen LogP contribution in [-0.2, 0) is 29.3 Å². The van der Waals surface area contributed by atoms with E-state index < -0.39 is 41.1 Å². The first-order chi connectivity index (χ1) is 17.4. The van der Waals surface area contributed by atoms with Crippen molar-refractivity contribution < 1.29 is 28.7 Å². The number of hydrogen-bond acceptors (Lipinski definition) is 7. The van der Waals surface area contributed by atoms with Crippen LogP contribution < -0.4 is 10.2 Å². The average molecular weight is 503 g/mol. The third-order valence-electron chi connectivity index (χ3n) is 6.64. The van der Waals surface area contributed by atoms with Crippen molar-refractivity contribution in [1.82, 2.24) is 0 Å². The molecule has 2 heterocycles. The van der Waals surface area contributed by atoms with Crippen molar-refractivity contribution in [2.45, 2.75) is 11.3 Å². The highest BCUT2D eigenvalue weighted by atomic mass is 32.1. The van der Waals surface area contributed by atoms with Gasteiger partial charge in [0.05, 0.1) is 25.8 Å². The summed E-state index contributed by atoms with van der Waals surface area (Å²) in [5.41, 5.74) is -0.197. The molecular formula is C27H22N2O6S. The summed E-state index contributed by atoms with van der Waals surface area (Å²) >= 11 is 1.36. The Balaban J connectivity index is 1.71. The molecule has 3 amide bonds. The molecule has 182 valence electrons. The zero-order valence-corrected chi connectivity index (χ0v) is 20.3. The Kier molecular flexibility index (Phi) is 5.93. The van der Waals surface area contributed by atoms with Crippen LogP contribution in [0.25, 0.3) is 0 Å². The first-order valence-corrected chi connectivity index (χ1v) is 12.0. The fourth-order valence-electron chi connectivity index (χ4n) is 5.18. The number of nitrogens with one attached hydrogen (secondary N) is 1. The quantitative estimate of drug-likeness (QED) is 0.535. The molecule has 1 aliphatic heterocycles. The second kappa shape index (κ2) is 9.09. The molecule has 1 aromatic heterocycles. The third kappa shape index (κ3) is 3.43. The number of nitrogens with zero attached hydrogens (tertiary/aromatic N) is 1. The molecular weight excluding hydrogens is 480 g/mol. The van der Waals surface area contributed by atoms with E-state index in [9.17, 15) is 19.2 Å². The molecule has 0 bridgehead atoms. The molecule has 0 fully saturated rings. The molecule has 0 unspecified atom stereocenters. The summed E-state index contributed by atoms with van der Waals surface area (Å²) in [7, 11) is 2.49. The van der Waals surface area contributed by atoms with Crippen LogP contribution in [-0.4, -0.2) is 38.1 Å². The molecule has 8 nitrogen and oxygen atoms in total. The van der Waals surface area contributed by atoms with E-state index in [4.69, 9.17) is 9.47 Å². The van der Waals surface area contributed by atoms with Crippen molar-refractivity contribution in [1.29, 1.82) is 0 Å². The number of anilines is 2. The fraction of sp³-hybridized carbons (Fsp3) is 0.185. The van der Waals surface area contributed by atoms with Gasteiger partial charge in [0.1, 0.15) is 5.41 Å². The molecule has 0 saturated carbocycles. The lowest BCUT2D eigenvalue weighted by atomic mass is 9.70. The van der Waals surface area contributed by atoms with Gasteiger partial charge in [-0.2, -0.15) is 0 Å². The number of ether oxygens (including phenoxy) is 2. The summed E-state index contributed by atoms with van der Waals surface area (Å²) < 4.78 is 10.2. The first kappa shape index (κ1) is 23.5. The molecule has 1 aliphatic carbocycles. The van der Waals surface area contributed by atoms with Crippen molar-refractivity contribution in [2.75, 3.05) is 24.4 Å². The monoisotopic (exact) mass is 502 g/mol. The maximum Gasteiger partial charge on any atom is 0.334 e. The SMILES string of the molecule is COC(=O)C1=C[C@]2(C(=O)N(C(=O)Nc3ccccc3)c3ccccc32)[C@@H](C(=O)OC)[C@@H]1c1cccs1. The van der Waals surface area contributed by atoms with Crippen LogP contribution in [0.2, 0.25) is 0 Å². The Labute approximate surface area is 211 Å². The van der Waals surface area contributed by atoms with Gasteiger partial charge < -0.3 is 14.8 Å². The van der Waals surface area contributed by atoms with E-state index >= 15 is 0 Å². The van der Waals surface area contributed by atoms with Gasteiger partial charge in [0, 0.05) is 22.1 Å². The van der Waals surface area contributed by atoms with Gasteiger partial charge in [-0.1, -0.05) is 48.5 Å². The Morgan fingerprint density at radius 3 is 2.33 bits per heavy atom. The molecule has 5 rings (SSSR count). The van der Waals surface area contributed by atoms with E-state index in [1.54, 1.807) is 60.7 Å². The largest absolute Gasteiger partial charge is 0.469 e. The van der Waals surface area contributed by atoms with Crippen molar-refractivity contribution in [3.05, 3.63) is 94.2 Å². The number of urea groups is 1. The summed E-state index contributed by atoms with van der Waals surface area (Å²) in [5.74, 6) is -3.89. The van der Waals surface area contributed by atoms with E-state index in [1.165, 1.54) is 31.6 Å². The van der Waals surface area contributed by atoms with Crippen LogP contribution in [0.1, 0.15) is 16.4 Å². The lowest BCUT2D eigenvalue weighted by Crippen LogP contribution is -2.49. The number of hydrogen-bond donors (Lipinski definition) is 1. The molecule has 0 saturated heterocycles. The third-order valence-corrected chi connectivity index (χ3v) is 7.60. The van der Waals surface area contributed by atoms with Gasteiger partial charge in [-0.3, -0.25) is 9.59 Å². The number of amides is 3. The number of methoxy groups -OCH3 is 2. The number of benzene rings is 2. The predicted molar refractivity (Wildman–Crippen MR) is 134 cm³/mol. The maximum atomic E-state index is 14.3. The van der Waals surface area contributed by atoms with E-state index in [1.807, 2.05) is 11.4 Å². The number of imide groups is 1. The van der Waals surface area contributed by atoms with Gasteiger partial charge in [-0.05, 0) is 35.2 Å². The maximum absolute atomic E-state index is 14.3. The predicted octanol–water partition coefficient (Wildman–Crippen LogP) is 4.25. The molecule has 9 heteroatoms. The molecule has 2 aromatic carbocycles. The molecule has 36 heavy (non-hydrogen) atoms. The smallest absolute Gasteiger partial charge is 0.334 e. The zero-order chi connectivity index (χ0) is 25.4. The average Bonchev–Trinajstić information content (AvgIpc) is 3.60. The molecule has 1 N–H and O–H groups in total. The van der Waals surface area contributed by atoms with Crippen molar-refractivity contribution in [3.8, 4) is 0 Å². The Bertz CT molecular complexity index is 1380. The highest BCUT2D eigenvalue weighted by Crippen LogP contribution is 2.59. The molecule has 0 radical (unpaired) electrons. The number of esters is 2. The van der Waals surface area contributed by atoms with E-state index in [0.717, 1.165) is 4.90 Å². The van der Waals surface area contributed by atoms with Gasteiger partial charge in [-0.15, -0.1) is 11.3 Å². The van der Waals surface area contributed by atoms with Crippen LogP contribution in [0.3, 0.4) is 0 Å². The van der Waals surface area contributed by atoms with Gasteiger partial charge in [0.2, 0.25) is 0 Å². The number of carbonyl (C=O) groups is 4. The van der Waals surface area contributed by atoms with Crippen LogP contribution in [0.5, 0.6) is 0 Å². The van der Waals surface area contributed by atoms with E-state index in [2.05, 4.69) is 5.32 Å². The van der Waals surface area contributed by atoms with Crippen LogP contribution in [0.15, 0.2) is 83.8 Å². The standard InChI is InChI=1S/C27H22N2O6S/c1-34-23(30)17-15-27(22(24(31)35-2)21(17)20-13-8-14-36-20)18-11-6-7-12-19(18)29(25(27)32)26(33)28-16-9-4-3-5-10-16/h3-15,21-22H,1-2H3,(H,28,33)/t21-,22+,27+/m0/s1. The number of fused-ring (bicyclic) bond motifs is 2. The number of rotatable bonds is 4. The lowest BCUT2D eigenvalue weighted by molar-refractivity contribution is -0.149. The minimum Gasteiger partial charge on any atom is -0.469 e. The van der Waals surface area contributed by atoms with Gasteiger partial charge in [0.15, 0.2) is 0 Å². The number of carbonyl (C=O) groups excluding carboxylic acids is 4. The van der Waals surface area contributed by atoms with Crippen molar-refractivity contribution in [2.24, 2.45) is 5.92 Å². The van der Waals surface area contributed by atoms with Gasteiger partial charge >= 0.3 is 18.0 Å². The van der Waals surface area contributed by atoms with E-state index in [-0.39, 0.29) is 5.57 Å². The van der Waals surface area contributed by atoms with Crippen LogP contribution in [0, 0.1) is 5.92 Å². The summed E-state index contributed by atoms with van der Waals surface area (Å²) in [4.78, 5) is 55.8. The minimum atomic E-state index is -1.64. The summed E-state index contributed by atoms with van der Waals surface area (Å²) in [6.45, 7) is 0. The van der Waals surface area contributed by atoms with Crippen molar-refractivity contribution >= 4 is 46.6 Å². The van der Waals surface area contributed by atoms with Gasteiger partial charge in [0.25, 0.3) is 5.91 Å². The highest BCUT2D eigenvalue weighted by Gasteiger charge is 2.65. The highest BCUT2D eigenvalue weighted by molar-refractivity contribution is 7.10. The van der Waals surface area contributed by atoms with E-state index in [0.29, 0.717) is 21.8 Å². The van der Waals surface area contributed by atoms with Crippen LogP contribution >= 0.6 is 11.3 Å². The summed E-state index contributed by atoms with van der Waals surface area (Å²) in [5, 5.41) is 4.57. The zero-order valence-electron chi connectivity index (χ0n) is 19.5. The van der Waals surface area contributed by atoms with Crippen molar-refractivity contribution in [3.63, 3.8) is 0 Å². The molecule has 2 aliphatic rings. The number of para-hydroxylation sites is 2. The van der Waals surface area contributed by atoms with Gasteiger partial charge in [-0.25, -0.2) is 14.5 Å². The normalized spacial score (nSPS) is 22.2. The minimum absolute atomic E-state index is 0.170. The second-order valence-electron chi connectivity index (χ2n) is 8.41. The topological polar surface area (TPSA) is 102 Å². The molecule has 1 spiro atoms. The Morgan fingerprint density at radius 2 is 1.67 bits per heavy atom. The number of thiophene rings is 1.